The van der Waals surface area contributed by atoms with Crippen LogP contribution in [0.1, 0.15) is 25.5 Å². The van der Waals surface area contributed by atoms with E-state index in [0.717, 1.165) is 31.1 Å². The van der Waals surface area contributed by atoms with Crippen LogP contribution >= 0.6 is 11.3 Å². The fourth-order valence-electron chi connectivity index (χ4n) is 2.69. The molecular formula is C13H20N4S. The molecule has 3 rings (SSSR count). The molecule has 0 spiro atoms. The molecular weight excluding hydrogens is 244 g/mol. The van der Waals surface area contributed by atoms with Crippen molar-refractivity contribution in [2.24, 2.45) is 0 Å². The minimum Gasteiger partial charge on any atom is -0.315 e. The molecule has 0 radical (unpaired) electrons. The maximum atomic E-state index is 4.69. The lowest BCUT2D eigenvalue weighted by Gasteiger charge is -2.26. The third-order valence-electron chi connectivity index (χ3n) is 3.57. The van der Waals surface area contributed by atoms with Gasteiger partial charge in [-0.1, -0.05) is 6.92 Å². The van der Waals surface area contributed by atoms with E-state index in [1.54, 1.807) is 11.3 Å². The van der Waals surface area contributed by atoms with Crippen LogP contribution in [0.25, 0.3) is 4.96 Å². The number of hydrogen-bond acceptors (Lipinski definition) is 4. The molecule has 3 heterocycles. The SMILES string of the molecule is CCCN(Cc1cn2ccsc2n1)C1CCNC1. The summed E-state index contributed by atoms with van der Waals surface area (Å²) in [6.45, 7) is 6.68. The van der Waals surface area contributed by atoms with Gasteiger partial charge in [0.05, 0.1) is 5.69 Å². The Morgan fingerprint density at radius 2 is 2.56 bits per heavy atom. The van der Waals surface area contributed by atoms with Gasteiger partial charge in [-0.2, -0.15) is 0 Å². The number of nitrogens with zero attached hydrogens (tertiary/aromatic N) is 3. The number of aromatic nitrogens is 2. The first-order valence-electron chi connectivity index (χ1n) is 6.72. The third-order valence-corrected chi connectivity index (χ3v) is 4.34. The van der Waals surface area contributed by atoms with E-state index in [1.807, 2.05) is 0 Å². The molecule has 1 unspecified atom stereocenters. The third kappa shape index (κ3) is 2.43. The number of nitrogens with one attached hydrogen (secondary N) is 1. The number of fused-ring (bicyclic) bond motifs is 1. The van der Waals surface area contributed by atoms with E-state index in [9.17, 15) is 0 Å². The zero-order valence-electron chi connectivity index (χ0n) is 10.8. The molecule has 0 aliphatic carbocycles. The van der Waals surface area contributed by atoms with E-state index in [0.29, 0.717) is 6.04 Å². The summed E-state index contributed by atoms with van der Waals surface area (Å²) in [6, 6.07) is 0.685. The number of thiazole rings is 1. The molecule has 2 aromatic heterocycles. The van der Waals surface area contributed by atoms with Gasteiger partial charge < -0.3 is 5.32 Å². The van der Waals surface area contributed by atoms with Crippen molar-refractivity contribution in [1.29, 1.82) is 0 Å². The molecule has 5 heteroatoms. The molecule has 0 bridgehead atoms. The molecule has 1 atom stereocenters. The standard InChI is InChI=1S/C13H20N4S/c1-2-5-16(12-3-4-14-8-12)9-11-10-17-6-7-18-13(17)15-11/h6-7,10,12,14H,2-5,8-9H2,1H3. The summed E-state index contributed by atoms with van der Waals surface area (Å²) in [7, 11) is 0. The molecule has 0 saturated carbocycles. The highest BCUT2D eigenvalue weighted by molar-refractivity contribution is 7.15. The van der Waals surface area contributed by atoms with Gasteiger partial charge in [0.1, 0.15) is 0 Å². The summed E-state index contributed by atoms with van der Waals surface area (Å²) < 4.78 is 2.12. The molecule has 98 valence electrons. The van der Waals surface area contributed by atoms with E-state index >= 15 is 0 Å². The topological polar surface area (TPSA) is 32.6 Å². The van der Waals surface area contributed by atoms with Gasteiger partial charge >= 0.3 is 0 Å². The summed E-state index contributed by atoms with van der Waals surface area (Å²) in [5.41, 5.74) is 1.20. The Hall–Kier alpha value is -0.910. The zero-order valence-corrected chi connectivity index (χ0v) is 11.6. The maximum Gasteiger partial charge on any atom is 0.193 e. The first kappa shape index (κ1) is 12.1. The van der Waals surface area contributed by atoms with Crippen LogP contribution in [0.3, 0.4) is 0 Å². The lowest BCUT2D eigenvalue weighted by molar-refractivity contribution is 0.197. The number of rotatable bonds is 5. The molecule has 4 nitrogen and oxygen atoms in total. The minimum absolute atomic E-state index is 0.685. The average Bonchev–Trinajstić information content (AvgIpc) is 3.04. The number of hydrogen-bond donors (Lipinski definition) is 1. The largest absolute Gasteiger partial charge is 0.315 e. The van der Waals surface area contributed by atoms with E-state index in [2.05, 4.69) is 44.3 Å². The van der Waals surface area contributed by atoms with Crippen molar-refractivity contribution >= 4 is 16.3 Å². The fraction of sp³-hybridized carbons (Fsp3) is 0.615. The summed E-state index contributed by atoms with van der Waals surface area (Å²) in [4.78, 5) is 8.36. The minimum atomic E-state index is 0.685. The Kier molecular flexibility index (Phi) is 3.63. The second-order valence-electron chi connectivity index (χ2n) is 4.94. The van der Waals surface area contributed by atoms with Gasteiger partial charge in [0.25, 0.3) is 0 Å². The summed E-state index contributed by atoms with van der Waals surface area (Å²) in [6.07, 6.45) is 6.72. The van der Waals surface area contributed by atoms with Gasteiger partial charge in [-0.3, -0.25) is 9.30 Å². The Morgan fingerprint density at radius 3 is 3.28 bits per heavy atom. The van der Waals surface area contributed by atoms with Crippen LogP contribution < -0.4 is 5.32 Å². The smallest absolute Gasteiger partial charge is 0.193 e. The first-order valence-corrected chi connectivity index (χ1v) is 7.60. The molecule has 1 saturated heterocycles. The van der Waals surface area contributed by atoms with Crippen molar-refractivity contribution in [3.8, 4) is 0 Å². The molecule has 1 fully saturated rings. The van der Waals surface area contributed by atoms with Crippen molar-refractivity contribution in [2.45, 2.75) is 32.4 Å². The normalized spacial score (nSPS) is 20.2. The Balaban J connectivity index is 1.72. The van der Waals surface area contributed by atoms with Crippen LogP contribution in [0, 0.1) is 0 Å². The van der Waals surface area contributed by atoms with Crippen LogP contribution in [-0.4, -0.2) is 40.0 Å². The Bertz CT molecular complexity index is 469. The second-order valence-corrected chi connectivity index (χ2v) is 5.82. The Labute approximate surface area is 112 Å². The van der Waals surface area contributed by atoms with E-state index < -0.39 is 0 Å². The molecule has 2 aromatic rings. The van der Waals surface area contributed by atoms with Gasteiger partial charge in [-0.25, -0.2) is 4.98 Å². The first-order chi connectivity index (χ1) is 8.86. The van der Waals surface area contributed by atoms with Crippen LogP contribution in [0.15, 0.2) is 17.8 Å². The van der Waals surface area contributed by atoms with E-state index in [-0.39, 0.29) is 0 Å². The van der Waals surface area contributed by atoms with E-state index in [4.69, 9.17) is 0 Å². The van der Waals surface area contributed by atoms with Crippen molar-refractivity contribution in [3.05, 3.63) is 23.5 Å². The fourth-order valence-corrected chi connectivity index (χ4v) is 3.41. The predicted molar refractivity (Wildman–Crippen MR) is 75.0 cm³/mol. The molecule has 0 amide bonds. The predicted octanol–water partition coefficient (Wildman–Crippen LogP) is 1.97. The van der Waals surface area contributed by atoms with Crippen molar-refractivity contribution < 1.29 is 0 Å². The van der Waals surface area contributed by atoms with Gasteiger partial charge in [-0.05, 0) is 25.9 Å². The molecule has 0 aromatic carbocycles. The van der Waals surface area contributed by atoms with Gasteiger partial charge in [0.2, 0.25) is 0 Å². The highest BCUT2D eigenvalue weighted by Gasteiger charge is 2.22. The molecule has 1 N–H and O–H groups in total. The lowest BCUT2D eigenvalue weighted by atomic mass is 10.2. The number of imidazole rings is 1. The van der Waals surface area contributed by atoms with Gasteiger partial charge in [-0.15, -0.1) is 11.3 Å². The lowest BCUT2D eigenvalue weighted by Crippen LogP contribution is -2.37. The van der Waals surface area contributed by atoms with Gasteiger partial charge in [0.15, 0.2) is 4.96 Å². The monoisotopic (exact) mass is 264 g/mol. The molecule has 1 aliphatic rings. The van der Waals surface area contributed by atoms with Crippen LogP contribution in [0.2, 0.25) is 0 Å². The summed E-state index contributed by atoms with van der Waals surface area (Å²) >= 11 is 1.70. The highest BCUT2D eigenvalue weighted by atomic mass is 32.1. The summed E-state index contributed by atoms with van der Waals surface area (Å²) in [5, 5.41) is 5.53. The van der Waals surface area contributed by atoms with E-state index in [1.165, 1.54) is 18.5 Å². The second kappa shape index (κ2) is 5.38. The van der Waals surface area contributed by atoms with Gasteiger partial charge in [0, 0.05) is 36.9 Å². The highest BCUT2D eigenvalue weighted by Crippen LogP contribution is 2.16. The van der Waals surface area contributed by atoms with Crippen molar-refractivity contribution in [1.82, 2.24) is 19.6 Å². The average molecular weight is 264 g/mol. The van der Waals surface area contributed by atoms with Crippen molar-refractivity contribution in [3.63, 3.8) is 0 Å². The van der Waals surface area contributed by atoms with Crippen LogP contribution in [0.5, 0.6) is 0 Å². The maximum absolute atomic E-state index is 4.69. The van der Waals surface area contributed by atoms with Crippen LogP contribution in [-0.2, 0) is 6.54 Å². The van der Waals surface area contributed by atoms with Crippen molar-refractivity contribution in [2.75, 3.05) is 19.6 Å². The van der Waals surface area contributed by atoms with Crippen LogP contribution in [0.4, 0.5) is 0 Å². The zero-order chi connectivity index (χ0) is 12.4. The molecule has 1 aliphatic heterocycles. The Morgan fingerprint density at radius 1 is 1.61 bits per heavy atom. The molecule has 18 heavy (non-hydrogen) atoms. The quantitative estimate of drug-likeness (QED) is 0.896. The summed E-state index contributed by atoms with van der Waals surface area (Å²) in [5.74, 6) is 0.